The minimum Gasteiger partial charge on any atom is -0.493 e. The van der Waals surface area contributed by atoms with Gasteiger partial charge in [-0.3, -0.25) is 0 Å². The van der Waals surface area contributed by atoms with Gasteiger partial charge in [0, 0.05) is 16.5 Å². The maximum atomic E-state index is 12.0. The minimum atomic E-state index is -4.15. The Balaban J connectivity index is 2.62. The molecule has 1 N–H and O–H groups in total. The van der Waals surface area contributed by atoms with Crippen molar-refractivity contribution in [3.8, 4) is 5.75 Å². The Morgan fingerprint density at radius 3 is 2.56 bits per heavy atom. The van der Waals surface area contributed by atoms with E-state index in [1.165, 1.54) is 0 Å². The molecule has 0 saturated heterocycles. The van der Waals surface area contributed by atoms with E-state index in [1.807, 2.05) is 0 Å². The molecule has 0 radical (unpaired) electrons. The predicted molar refractivity (Wildman–Crippen MR) is 65.6 cm³/mol. The smallest absolute Gasteiger partial charge is 0.389 e. The SMILES string of the molecule is Cc1cc(Br)cc(CO)c1OCCCC(F)(F)F. The summed E-state index contributed by atoms with van der Waals surface area (Å²) in [6.45, 7) is 1.55. The first-order chi connectivity index (χ1) is 8.33. The lowest BCUT2D eigenvalue weighted by Gasteiger charge is -2.14. The Kier molecular flexibility index (Phi) is 5.47. The van der Waals surface area contributed by atoms with E-state index in [4.69, 9.17) is 4.74 Å². The third-order valence-corrected chi connectivity index (χ3v) is 2.80. The molecule has 102 valence electrons. The first-order valence-electron chi connectivity index (χ1n) is 5.43. The fraction of sp³-hybridized carbons (Fsp3) is 0.500. The molecule has 0 bridgehead atoms. The average molecular weight is 327 g/mol. The molecule has 0 aliphatic heterocycles. The summed E-state index contributed by atoms with van der Waals surface area (Å²) in [7, 11) is 0. The second-order valence-electron chi connectivity index (χ2n) is 3.94. The van der Waals surface area contributed by atoms with E-state index >= 15 is 0 Å². The Labute approximate surface area is 112 Å². The van der Waals surface area contributed by atoms with Crippen LogP contribution in [0.15, 0.2) is 16.6 Å². The zero-order chi connectivity index (χ0) is 13.8. The lowest BCUT2D eigenvalue weighted by Crippen LogP contribution is -2.10. The molecule has 18 heavy (non-hydrogen) atoms. The first kappa shape index (κ1) is 15.3. The number of aliphatic hydroxyl groups excluding tert-OH is 1. The summed E-state index contributed by atoms with van der Waals surface area (Å²) in [5, 5.41) is 9.17. The Morgan fingerprint density at radius 2 is 2.00 bits per heavy atom. The fourth-order valence-electron chi connectivity index (χ4n) is 1.57. The molecule has 0 aromatic heterocycles. The van der Waals surface area contributed by atoms with Crippen molar-refractivity contribution >= 4 is 15.9 Å². The number of benzene rings is 1. The van der Waals surface area contributed by atoms with Crippen molar-refractivity contribution in [3.63, 3.8) is 0 Å². The zero-order valence-electron chi connectivity index (χ0n) is 9.85. The highest BCUT2D eigenvalue weighted by atomic mass is 79.9. The van der Waals surface area contributed by atoms with Crippen molar-refractivity contribution in [2.45, 2.75) is 32.5 Å². The van der Waals surface area contributed by atoms with E-state index in [9.17, 15) is 18.3 Å². The van der Waals surface area contributed by atoms with Crippen LogP contribution in [0.2, 0.25) is 0 Å². The van der Waals surface area contributed by atoms with Crippen LogP contribution >= 0.6 is 15.9 Å². The molecule has 1 aromatic rings. The van der Waals surface area contributed by atoms with Crippen LogP contribution in [-0.2, 0) is 6.61 Å². The average Bonchev–Trinajstić information content (AvgIpc) is 2.24. The van der Waals surface area contributed by atoms with Crippen LogP contribution in [0.25, 0.3) is 0 Å². The molecule has 1 rings (SSSR count). The summed E-state index contributed by atoms with van der Waals surface area (Å²) in [4.78, 5) is 0. The van der Waals surface area contributed by atoms with Gasteiger partial charge in [-0.2, -0.15) is 13.2 Å². The van der Waals surface area contributed by atoms with Crippen molar-refractivity contribution in [1.82, 2.24) is 0 Å². The van der Waals surface area contributed by atoms with Crippen LogP contribution in [-0.4, -0.2) is 17.9 Å². The van der Waals surface area contributed by atoms with Crippen molar-refractivity contribution in [1.29, 1.82) is 0 Å². The van der Waals surface area contributed by atoms with Gasteiger partial charge >= 0.3 is 6.18 Å². The van der Waals surface area contributed by atoms with Crippen molar-refractivity contribution in [2.24, 2.45) is 0 Å². The molecular weight excluding hydrogens is 313 g/mol. The third kappa shape index (κ3) is 4.86. The molecule has 6 heteroatoms. The van der Waals surface area contributed by atoms with E-state index in [0.29, 0.717) is 11.3 Å². The Hall–Kier alpha value is -0.750. The Bertz CT molecular complexity index is 405. The van der Waals surface area contributed by atoms with Crippen molar-refractivity contribution < 1.29 is 23.0 Å². The predicted octanol–water partition coefficient (Wildman–Crippen LogP) is 3.97. The summed E-state index contributed by atoms with van der Waals surface area (Å²) < 4.78 is 42.0. The molecule has 0 aliphatic carbocycles. The summed E-state index contributed by atoms with van der Waals surface area (Å²) in [6, 6.07) is 3.48. The Morgan fingerprint density at radius 1 is 1.33 bits per heavy atom. The van der Waals surface area contributed by atoms with E-state index in [0.717, 1.165) is 10.0 Å². The second-order valence-corrected chi connectivity index (χ2v) is 4.85. The van der Waals surface area contributed by atoms with Crippen LogP contribution in [0, 0.1) is 6.92 Å². The fourth-order valence-corrected chi connectivity index (χ4v) is 2.19. The van der Waals surface area contributed by atoms with Gasteiger partial charge < -0.3 is 9.84 Å². The van der Waals surface area contributed by atoms with Crippen LogP contribution < -0.4 is 4.74 Å². The van der Waals surface area contributed by atoms with Crippen molar-refractivity contribution in [2.75, 3.05) is 6.61 Å². The molecule has 0 unspecified atom stereocenters. The highest BCUT2D eigenvalue weighted by Crippen LogP contribution is 2.29. The minimum absolute atomic E-state index is 0.0189. The maximum Gasteiger partial charge on any atom is 0.389 e. The van der Waals surface area contributed by atoms with Crippen LogP contribution in [0.1, 0.15) is 24.0 Å². The number of aryl methyl sites for hydroxylation is 1. The number of halogens is 4. The van der Waals surface area contributed by atoms with Gasteiger partial charge in [-0.15, -0.1) is 0 Å². The summed E-state index contributed by atoms with van der Waals surface area (Å²) in [6.07, 6.45) is -5.11. The molecule has 0 aliphatic rings. The highest BCUT2D eigenvalue weighted by molar-refractivity contribution is 9.10. The van der Waals surface area contributed by atoms with Gasteiger partial charge in [-0.1, -0.05) is 15.9 Å². The number of rotatable bonds is 5. The number of hydrogen-bond donors (Lipinski definition) is 1. The molecule has 0 saturated carbocycles. The summed E-state index contributed by atoms with van der Waals surface area (Å²) in [5.74, 6) is 0.461. The van der Waals surface area contributed by atoms with Gasteiger partial charge in [0.25, 0.3) is 0 Å². The lowest BCUT2D eigenvalue weighted by molar-refractivity contribution is -0.136. The van der Waals surface area contributed by atoms with Gasteiger partial charge in [-0.25, -0.2) is 0 Å². The van der Waals surface area contributed by atoms with Gasteiger partial charge in [0.15, 0.2) is 0 Å². The summed E-state index contributed by atoms with van der Waals surface area (Å²) in [5.41, 5.74) is 1.34. The molecule has 2 nitrogen and oxygen atoms in total. The van der Waals surface area contributed by atoms with Crippen LogP contribution in [0.4, 0.5) is 13.2 Å². The lowest BCUT2D eigenvalue weighted by atomic mass is 10.1. The van der Waals surface area contributed by atoms with Gasteiger partial charge in [0.2, 0.25) is 0 Å². The quantitative estimate of drug-likeness (QED) is 0.829. The zero-order valence-corrected chi connectivity index (χ0v) is 11.4. The third-order valence-electron chi connectivity index (χ3n) is 2.34. The molecule has 0 amide bonds. The molecule has 0 atom stereocenters. The molecule has 0 spiro atoms. The number of hydrogen-bond acceptors (Lipinski definition) is 2. The van der Waals surface area contributed by atoms with Crippen molar-refractivity contribution in [3.05, 3.63) is 27.7 Å². The number of aliphatic hydroxyl groups is 1. The van der Waals surface area contributed by atoms with Crippen LogP contribution in [0.3, 0.4) is 0 Å². The number of ether oxygens (including phenoxy) is 1. The van der Waals surface area contributed by atoms with E-state index in [2.05, 4.69) is 15.9 Å². The highest BCUT2D eigenvalue weighted by Gasteiger charge is 2.26. The van der Waals surface area contributed by atoms with E-state index < -0.39 is 12.6 Å². The van der Waals surface area contributed by atoms with E-state index in [1.54, 1.807) is 19.1 Å². The maximum absolute atomic E-state index is 12.0. The monoisotopic (exact) mass is 326 g/mol. The molecule has 0 heterocycles. The summed E-state index contributed by atoms with van der Waals surface area (Å²) >= 11 is 3.28. The topological polar surface area (TPSA) is 29.5 Å². The van der Waals surface area contributed by atoms with Crippen LogP contribution in [0.5, 0.6) is 5.75 Å². The number of alkyl halides is 3. The van der Waals surface area contributed by atoms with Gasteiger partial charge in [0.1, 0.15) is 5.75 Å². The molecular formula is C12H14BrF3O2. The van der Waals surface area contributed by atoms with E-state index in [-0.39, 0.29) is 19.6 Å². The molecule has 1 aromatic carbocycles. The normalized spacial score (nSPS) is 11.7. The molecule has 0 fully saturated rings. The van der Waals surface area contributed by atoms with Gasteiger partial charge in [-0.05, 0) is 31.0 Å². The second kappa shape index (κ2) is 6.43. The largest absolute Gasteiger partial charge is 0.493 e. The standard InChI is InChI=1S/C12H14BrF3O2/c1-8-5-10(13)6-9(7-17)11(8)18-4-2-3-12(14,15)16/h5-6,17H,2-4,7H2,1H3. The first-order valence-corrected chi connectivity index (χ1v) is 6.22. The van der Waals surface area contributed by atoms with Gasteiger partial charge in [0.05, 0.1) is 13.2 Å².